The van der Waals surface area contributed by atoms with Gasteiger partial charge >= 0.3 is 0 Å². The molecule has 1 aromatic carbocycles. The number of rotatable bonds is 6. The minimum Gasteiger partial charge on any atom is -0.371 e. The van der Waals surface area contributed by atoms with Crippen LogP contribution in [0.4, 0.5) is 5.82 Å². The van der Waals surface area contributed by atoms with Gasteiger partial charge in [-0.15, -0.1) is 0 Å². The average molecular weight is 435 g/mol. The third kappa shape index (κ3) is 5.34. The Kier molecular flexibility index (Phi) is 6.58. The second-order valence-corrected chi connectivity index (χ2v) is 9.52. The fourth-order valence-electron chi connectivity index (χ4n) is 4.04. The van der Waals surface area contributed by atoms with Gasteiger partial charge in [-0.05, 0) is 38.8 Å². The van der Waals surface area contributed by atoms with Gasteiger partial charge in [0.1, 0.15) is 5.82 Å². The Labute approximate surface area is 191 Å². The maximum atomic E-state index is 5.95. The van der Waals surface area contributed by atoms with Crippen LogP contribution in [0, 0.1) is 6.92 Å². The number of benzene rings is 1. The standard InChI is InChI=1S/C25H34N6O/c1-19-22(14-28-29(19)5)16-30-12-13-31(24-15-26-10-11-27-24)17-23(30)21-8-6-20(7-9-21)18-32-25(2,3)4/h6-11,14-15,23H,12-13,16-18H2,1-5H3. The Morgan fingerprint density at radius 1 is 1.06 bits per heavy atom. The Balaban J connectivity index is 1.56. The molecule has 4 rings (SSSR count). The number of piperazine rings is 1. The molecule has 0 N–H and O–H groups in total. The number of aryl methyl sites for hydroxylation is 1. The number of ether oxygens (including phenoxy) is 1. The van der Waals surface area contributed by atoms with E-state index >= 15 is 0 Å². The molecule has 1 saturated heterocycles. The lowest BCUT2D eigenvalue weighted by atomic mass is 10.00. The van der Waals surface area contributed by atoms with Crippen molar-refractivity contribution in [2.45, 2.75) is 52.5 Å². The first kappa shape index (κ1) is 22.4. The highest BCUT2D eigenvalue weighted by atomic mass is 16.5. The predicted octanol–water partition coefficient (Wildman–Crippen LogP) is 3.90. The molecule has 1 unspecified atom stereocenters. The predicted molar refractivity (Wildman–Crippen MR) is 126 cm³/mol. The molecule has 170 valence electrons. The van der Waals surface area contributed by atoms with Crippen molar-refractivity contribution in [1.29, 1.82) is 0 Å². The van der Waals surface area contributed by atoms with Gasteiger partial charge in [-0.1, -0.05) is 24.3 Å². The maximum Gasteiger partial charge on any atom is 0.147 e. The zero-order valence-electron chi connectivity index (χ0n) is 19.8. The SMILES string of the molecule is Cc1c(CN2CCN(c3cnccn3)CC2c2ccc(COC(C)(C)C)cc2)cnn1C. The third-order valence-electron chi connectivity index (χ3n) is 6.11. The molecule has 1 fully saturated rings. The molecule has 0 amide bonds. The fraction of sp³-hybridized carbons (Fsp3) is 0.480. The number of nitrogens with zero attached hydrogens (tertiary/aromatic N) is 6. The molecule has 32 heavy (non-hydrogen) atoms. The Morgan fingerprint density at radius 3 is 2.47 bits per heavy atom. The minimum absolute atomic E-state index is 0.141. The van der Waals surface area contributed by atoms with Gasteiger partial charge in [0.15, 0.2) is 0 Å². The van der Waals surface area contributed by atoms with E-state index in [4.69, 9.17) is 4.74 Å². The smallest absolute Gasteiger partial charge is 0.147 e. The van der Waals surface area contributed by atoms with Crippen molar-refractivity contribution in [1.82, 2.24) is 24.6 Å². The summed E-state index contributed by atoms with van der Waals surface area (Å²) in [7, 11) is 2.00. The van der Waals surface area contributed by atoms with Crippen molar-refractivity contribution >= 4 is 5.82 Å². The lowest BCUT2D eigenvalue weighted by Crippen LogP contribution is -2.48. The van der Waals surface area contributed by atoms with Gasteiger partial charge in [0.25, 0.3) is 0 Å². The van der Waals surface area contributed by atoms with Gasteiger partial charge in [0.05, 0.1) is 30.6 Å². The molecule has 0 bridgehead atoms. The molecule has 7 heteroatoms. The lowest BCUT2D eigenvalue weighted by Gasteiger charge is -2.42. The third-order valence-corrected chi connectivity index (χ3v) is 6.11. The van der Waals surface area contributed by atoms with Crippen molar-refractivity contribution in [3.05, 3.63) is 71.4 Å². The molecule has 0 spiro atoms. The molecule has 1 atom stereocenters. The molecule has 3 aromatic rings. The molecule has 0 saturated carbocycles. The van der Waals surface area contributed by atoms with Crippen LogP contribution in [0.2, 0.25) is 0 Å². The van der Waals surface area contributed by atoms with E-state index < -0.39 is 0 Å². The fourth-order valence-corrected chi connectivity index (χ4v) is 4.04. The van der Waals surface area contributed by atoms with Crippen LogP contribution in [-0.2, 0) is 24.9 Å². The highest BCUT2D eigenvalue weighted by Gasteiger charge is 2.30. The van der Waals surface area contributed by atoms with E-state index in [-0.39, 0.29) is 11.6 Å². The van der Waals surface area contributed by atoms with Crippen molar-refractivity contribution in [2.24, 2.45) is 7.05 Å². The van der Waals surface area contributed by atoms with Gasteiger partial charge in [0.2, 0.25) is 0 Å². The summed E-state index contributed by atoms with van der Waals surface area (Å²) in [5, 5.41) is 4.44. The van der Waals surface area contributed by atoms with E-state index in [9.17, 15) is 0 Å². The van der Waals surface area contributed by atoms with Crippen LogP contribution < -0.4 is 4.90 Å². The summed E-state index contributed by atoms with van der Waals surface area (Å²) >= 11 is 0. The van der Waals surface area contributed by atoms with Crippen LogP contribution in [0.25, 0.3) is 0 Å². The summed E-state index contributed by atoms with van der Waals surface area (Å²) in [6.07, 6.45) is 7.33. The van der Waals surface area contributed by atoms with Crippen molar-refractivity contribution in [3.8, 4) is 0 Å². The molecule has 2 aromatic heterocycles. The van der Waals surface area contributed by atoms with Gasteiger partial charge in [0, 0.05) is 56.9 Å². The van der Waals surface area contributed by atoms with Gasteiger partial charge in [-0.25, -0.2) is 4.98 Å². The van der Waals surface area contributed by atoms with Crippen LogP contribution in [0.1, 0.15) is 49.2 Å². The van der Waals surface area contributed by atoms with Gasteiger partial charge < -0.3 is 9.64 Å². The van der Waals surface area contributed by atoms with Crippen LogP contribution in [0.5, 0.6) is 0 Å². The Bertz CT molecular complexity index is 1010. The van der Waals surface area contributed by atoms with Gasteiger partial charge in [-0.3, -0.25) is 14.6 Å². The molecule has 3 heterocycles. The molecule has 1 aliphatic heterocycles. The minimum atomic E-state index is -0.141. The molecule has 1 aliphatic rings. The zero-order chi connectivity index (χ0) is 22.7. The van der Waals surface area contributed by atoms with Crippen LogP contribution in [0.3, 0.4) is 0 Å². The summed E-state index contributed by atoms with van der Waals surface area (Å²) in [4.78, 5) is 13.7. The van der Waals surface area contributed by atoms with E-state index in [0.29, 0.717) is 6.61 Å². The second-order valence-electron chi connectivity index (χ2n) is 9.52. The number of anilines is 1. The first-order chi connectivity index (χ1) is 15.3. The summed E-state index contributed by atoms with van der Waals surface area (Å²) in [6.45, 7) is 12.6. The summed E-state index contributed by atoms with van der Waals surface area (Å²) in [5.41, 5.74) is 4.85. The van der Waals surface area contributed by atoms with E-state index in [1.165, 1.54) is 22.4 Å². The maximum absolute atomic E-state index is 5.95. The Hall–Kier alpha value is -2.77. The summed E-state index contributed by atoms with van der Waals surface area (Å²) in [6, 6.07) is 9.12. The monoisotopic (exact) mass is 434 g/mol. The summed E-state index contributed by atoms with van der Waals surface area (Å²) in [5.74, 6) is 0.935. The largest absolute Gasteiger partial charge is 0.371 e. The van der Waals surface area contributed by atoms with E-state index in [0.717, 1.165) is 32.0 Å². The zero-order valence-corrected chi connectivity index (χ0v) is 19.8. The number of hydrogen-bond acceptors (Lipinski definition) is 6. The normalized spacial score (nSPS) is 17.7. The van der Waals surface area contributed by atoms with E-state index in [1.54, 1.807) is 12.4 Å². The van der Waals surface area contributed by atoms with Gasteiger partial charge in [-0.2, -0.15) is 5.10 Å². The summed E-state index contributed by atoms with van der Waals surface area (Å²) < 4.78 is 7.90. The molecule has 0 radical (unpaired) electrons. The second kappa shape index (κ2) is 9.38. The quantitative estimate of drug-likeness (QED) is 0.587. The lowest BCUT2D eigenvalue weighted by molar-refractivity contribution is -0.0149. The van der Waals surface area contributed by atoms with E-state index in [1.807, 2.05) is 24.1 Å². The highest BCUT2D eigenvalue weighted by molar-refractivity contribution is 5.38. The topological polar surface area (TPSA) is 59.3 Å². The van der Waals surface area contributed by atoms with Crippen molar-refractivity contribution in [2.75, 3.05) is 24.5 Å². The first-order valence-electron chi connectivity index (χ1n) is 11.3. The number of hydrogen-bond donors (Lipinski definition) is 0. The number of aromatic nitrogens is 4. The molecule has 0 aliphatic carbocycles. The average Bonchev–Trinajstić information content (AvgIpc) is 3.10. The molecular formula is C25H34N6O. The van der Waals surface area contributed by atoms with Crippen molar-refractivity contribution < 1.29 is 4.74 Å². The first-order valence-corrected chi connectivity index (χ1v) is 11.3. The Morgan fingerprint density at radius 2 is 1.84 bits per heavy atom. The molecular weight excluding hydrogens is 400 g/mol. The van der Waals surface area contributed by atoms with Crippen LogP contribution in [0.15, 0.2) is 49.1 Å². The highest BCUT2D eigenvalue weighted by Crippen LogP contribution is 2.30. The van der Waals surface area contributed by atoms with Crippen molar-refractivity contribution in [3.63, 3.8) is 0 Å². The van der Waals surface area contributed by atoms with E-state index in [2.05, 4.69) is 76.8 Å². The molecule has 7 nitrogen and oxygen atoms in total. The van der Waals surface area contributed by atoms with Crippen LogP contribution >= 0.6 is 0 Å². The van der Waals surface area contributed by atoms with Crippen LogP contribution in [-0.4, -0.2) is 49.9 Å².